The van der Waals surface area contributed by atoms with E-state index >= 15 is 0 Å². The number of aryl methyl sites for hydroxylation is 1. The average Bonchev–Trinajstić information content (AvgIpc) is 3.52. The van der Waals surface area contributed by atoms with Gasteiger partial charge >= 0.3 is 0 Å². The van der Waals surface area contributed by atoms with Crippen LogP contribution in [0.1, 0.15) is 32.0 Å². The molecular weight excluding hydrogens is 458 g/mol. The summed E-state index contributed by atoms with van der Waals surface area (Å²) in [5.74, 6) is 0.789. The van der Waals surface area contributed by atoms with Crippen molar-refractivity contribution in [3.63, 3.8) is 0 Å². The number of aromatic nitrogens is 5. The van der Waals surface area contributed by atoms with Gasteiger partial charge in [0.05, 0.1) is 0 Å². The molecule has 4 aromatic heterocycles. The molecule has 10 nitrogen and oxygen atoms in total. The van der Waals surface area contributed by atoms with E-state index in [4.69, 9.17) is 4.74 Å². The summed E-state index contributed by atoms with van der Waals surface area (Å²) in [6.45, 7) is 2.20. The molecule has 5 aromatic rings. The molecule has 0 unspecified atom stereocenters. The molecule has 0 aliphatic heterocycles. The quantitative estimate of drug-likeness (QED) is 0.366. The van der Waals surface area contributed by atoms with Crippen molar-refractivity contribution in [1.29, 1.82) is 0 Å². The Hall–Kier alpha value is -4.99. The Kier molecular flexibility index (Phi) is 6.14. The third-order valence-corrected chi connectivity index (χ3v) is 5.70. The number of pyridine rings is 2. The van der Waals surface area contributed by atoms with Crippen molar-refractivity contribution in [2.24, 2.45) is 7.05 Å². The second-order valence-electron chi connectivity index (χ2n) is 8.11. The van der Waals surface area contributed by atoms with Gasteiger partial charge in [-0.3, -0.25) is 14.3 Å². The number of rotatable bonds is 7. The van der Waals surface area contributed by atoms with Gasteiger partial charge in [-0.1, -0.05) is 6.07 Å². The van der Waals surface area contributed by atoms with Crippen molar-refractivity contribution in [1.82, 2.24) is 29.5 Å². The van der Waals surface area contributed by atoms with E-state index < -0.39 is 0 Å². The second kappa shape index (κ2) is 9.71. The molecule has 1 aromatic carbocycles. The number of imidazole rings is 1. The number of ether oxygens (including phenoxy) is 1. The summed E-state index contributed by atoms with van der Waals surface area (Å²) < 4.78 is 9.42. The molecular formula is C26H23N7O3. The summed E-state index contributed by atoms with van der Waals surface area (Å²) in [5, 5.41) is 9.69. The zero-order valence-electron chi connectivity index (χ0n) is 19.7. The molecule has 36 heavy (non-hydrogen) atoms. The van der Waals surface area contributed by atoms with Crippen LogP contribution in [0, 0.1) is 6.92 Å². The van der Waals surface area contributed by atoms with E-state index in [1.54, 1.807) is 55.8 Å². The van der Waals surface area contributed by atoms with Gasteiger partial charge in [0.2, 0.25) is 0 Å². The van der Waals surface area contributed by atoms with E-state index in [1.807, 2.05) is 35.9 Å². The summed E-state index contributed by atoms with van der Waals surface area (Å²) >= 11 is 0. The standard InChI is InChI=1S/C26H23N7O3/c1-17-20(25(34)29-16-18-8-12-33-13-11-28-24(33)14-18)4-3-5-22(17)36-19-6-9-27-23(15-19)31-26(35)21-7-10-30-32(21)2/h3-15H,16H2,1-2H3,(H,29,34)(H,27,31,35). The molecule has 4 heterocycles. The molecule has 0 spiro atoms. The van der Waals surface area contributed by atoms with Gasteiger partial charge in [-0.25, -0.2) is 9.97 Å². The van der Waals surface area contributed by atoms with Gasteiger partial charge in [-0.15, -0.1) is 0 Å². The number of hydrogen-bond acceptors (Lipinski definition) is 6. The molecule has 0 aliphatic carbocycles. The van der Waals surface area contributed by atoms with Crippen molar-refractivity contribution in [3.8, 4) is 11.5 Å². The number of benzene rings is 1. The average molecular weight is 482 g/mol. The minimum Gasteiger partial charge on any atom is -0.457 e. The van der Waals surface area contributed by atoms with Crippen LogP contribution in [0.5, 0.6) is 11.5 Å². The van der Waals surface area contributed by atoms with E-state index in [0.29, 0.717) is 40.7 Å². The fraction of sp³-hybridized carbons (Fsp3) is 0.115. The van der Waals surface area contributed by atoms with E-state index in [2.05, 4.69) is 25.7 Å². The lowest BCUT2D eigenvalue weighted by atomic mass is 10.1. The fourth-order valence-corrected chi connectivity index (χ4v) is 3.76. The molecule has 2 amide bonds. The Morgan fingerprint density at radius 1 is 0.972 bits per heavy atom. The zero-order valence-corrected chi connectivity index (χ0v) is 19.7. The molecule has 0 aliphatic rings. The highest BCUT2D eigenvalue weighted by Gasteiger charge is 2.15. The molecule has 0 bridgehead atoms. The minimum atomic E-state index is -0.332. The Balaban J connectivity index is 1.27. The number of carbonyl (C=O) groups excluding carboxylic acids is 2. The largest absolute Gasteiger partial charge is 0.457 e. The van der Waals surface area contributed by atoms with Crippen LogP contribution in [0.4, 0.5) is 5.82 Å². The van der Waals surface area contributed by atoms with E-state index in [1.165, 1.54) is 10.9 Å². The Morgan fingerprint density at radius 3 is 2.69 bits per heavy atom. The maximum atomic E-state index is 12.9. The molecule has 0 saturated heterocycles. The van der Waals surface area contributed by atoms with E-state index in [-0.39, 0.29) is 11.8 Å². The lowest BCUT2D eigenvalue weighted by Crippen LogP contribution is -2.23. The van der Waals surface area contributed by atoms with Crippen LogP contribution in [0.2, 0.25) is 0 Å². The SMILES string of the molecule is Cc1c(Oc2ccnc(NC(=O)c3ccnn3C)c2)cccc1C(=O)NCc1ccn2ccnc2c1. The van der Waals surface area contributed by atoms with E-state index in [9.17, 15) is 9.59 Å². The first-order chi connectivity index (χ1) is 17.5. The van der Waals surface area contributed by atoms with Gasteiger partial charge in [-0.05, 0) is 48.9 Å². The molecule has 2 N–H and O–H groups in total. The summed E-state index contributed by atoms with van der Waals surface area (Å²) in [5.41, 5.74) is 3.37. The Morgan fingerprint density at radius 2 is 1.86 bits per heavy atom. The molecule has 0 atom stereocenters. The van der Waals surface area contributed by atoms with Gasteiger partial charge in [-0.2, -0.15) is 5.10 Å². The summed E-state index contributed by atoms with van der Waals surface area (Å²) in [4.78, 5) is 33.8. The topological polar surface area (TPSA) is 115 Å². The summed E-state index contributed by atoms with van der Waals surface area (Å²) in [7, 11) is 1.69. The summed E-state index contributed by atoms with van der Waals surface area (Å²) in [6, 6.07) is 14.1. The summed E-state index contributed by atoms with van der Waals surface area (Å²) in [6.07, 6.45) is 8.59. The fourth-order valence-electron chi connectivity index (χ4n) is 3.76. The third kappa shape index (κ3) is 4.78. The highest BCUT2D eigenvalue weighted by atomic mass is 16.5. The Labute approximate surface area is 206 Å². The van der Waals surface area contributed by atoms with Crippen molar-refractivity contribution < 1.29 is 14.3 Å². The zero-order chi connectivity index (χ0) is 25.1. The van der Waals surface area contributed by atoms with Crippen LogP contribution < -0.4 is 15.4 Å². The van der Waals surface area contributed by atoms with Gasteiger partial charge in [0, 0.05) is 61.8 Å². The van der Waals surface area contributed by atoms with Crippen molar-refractivity contribution in [3.05, 3.63) is 102 Å². The van der Waals surface area contributed by atoms with Crippen LogP contribution in [0.3, 0.4) is 0 Å². The smallest absolute Gasteiger partial charge is 0.275 e. The van der Waals surface area contributed by atoms with Gasteiger partial charge in [0.15, 0.2) is 0 Å². The van der Waals surface area contributed by atoms with Crippen LogP contribution in [0.25, 0.3) is 5.65 Å². The first-order valence-corrected chi connectivity index (χ1v) is 11.2. The van der Waals surface area contributed by atoms with Crippen molar-refractivity contribution in [2.75, 3.05) is 5.32 Å². The second-order valence-corrected chi connectivity index (χ2v) is 8.11. The van der Waals surface area contributed by atoms with Crippen LogP contribution >= 0.6 is 0 Å². The molecule has 10 heteroatoms. The molecule has 0 radical (unpaired) electrons. The highest BCUT2D eigenvalue weighted by Crippen LogP contribution is 2.28. The van der Waals surface area contributed by atoms with Crippen LogP contribution in [-0.4, -0.2) is 36.0 Å². The predicted molar refractivity (Wildman–Crippen MR) is 133 cm³/mol. The van der Waals surface area contributed by atoms with Gasteiger partial charge < -0.3 is 19.8 Å². The number of nitrogens with one attached hydrogen (secondary N) is 2. The normalized spacial score (nSPS) is 10.8. The molecule has 0 fully saturated rings. The van der Waals surface area contributed by atoms with Crippen LogP contribution in [-0.2, 0) is 13.6 Å². The van der Waals surface area contributed by atoms with Crippen molar-refractivity contribution >= 4 is 23.3 Å². The molecule has 5 rings (SSSR count). The maximum absolute atomic E-state index is 12.9. The number of anilines is 1. The Bertz CT molecular complexity index is 1570. The number of amides is 2. The maximum Gasteiger partial charge on any atom is 0.275 e. The monoisotopic (exact) mass is 481 g/mol. The van der Waals surface area contributed by atoms with Crippen LogP contribution in [0.15, 0.2) is 79.5 Å². The highest BCUT2D eigenvalue weighted by molar-refractivity contribution is 6.02. The number of hydrogen-bond donors (Lipinski definition) is 2. The number of carbonyl (C=O) groups is 2. The van der Waals surface area contributed by atoms with E-state index in [0.717, 1.165) is 11.2 Å². The molecule has 0 saturated carbocycles. The minimum absolute atomic E-state index is 0.208. The van der Waals surface area contributed by atoms with Gasteiger partial charge in [0.25, 0.3) is 11.8 Å². The lowest BCUT2D eigenvalue weighted by Gasteiger charge is -2.13. The van der Waals surface area contributed by atoms with Crippen molar-refractivity contribution in [2.45, 2.75) is 13.5 Å². The lowest BCUT2D eigenvalue weighted by molar-refractivity contribution is 0.0949. The first kappa shape index (κ1) is 22.8. The molecule has 180 valence electrons. The third-order valence-electron chi connectivity index (χ3n) is 5.70. The first-order valence-electron chi connectivity index (χ1n) is 11.2. The number of fused-ring (bicyclic) bond motifs is 1. The number of nitrogens with zero attached hydrogens (tertiary/aromatic N) is 5. The predicted octanol–water partition coefficient (Wildman–Crippen LogP) is 3.75. The van der Waals surface area contributed by atoms with Gasteiger partial charge in [0.1, 0.15) is 28.7 Å².